The molecule has 2 saturated carbocycles. The fourth-order valence-electron chi connectivity index (χ4n) is 2.01. The molecule has 0 spiro atoms. The van der Waals surface area contributed by atoms with Gasteiger partial charge in [-0.05, 0) is 18.8 Å². The fourth-order valence-corrected chi connectivity index (χ4v) is 2.01. The highest BCUT2D eigenvalue weighted by atomic mass is 16.3. The van der Waals surface area contributed by atoms with Crippen molar-refractivity contribution in [1.29, 1.82) is 0 Å². The Morgan fingerprint density at radius 3 is 2.56 bits per heavy atom. The van der Waals surface area contributed by atoms with Gasteiger partial charge in [-0.15, -0.1) is 0 Å². The minimum atomic E-state index is -0.160. The van der Waals surface area contributed by atoms with E-state index in [1.807, 2.05) is 0 Å². The number of rotatable bonds is 0. The highest BCUT2D eigenvalue weighted by molar-refractivity contribution is 5.84. The molecule has 1 N–H and O–H groups in total. The summed E-state index contributed by atoms with van der Waals surface area (Å²) in [6, 6.07) is 0. The summed E-state index contributed by atoms with van der Waals surface area (Å²) in [5.74, 6) is 0.929. The number of fused-ring (bicyclic) bond motifs is 2. The normalized spacial score (nSPS) is 48.6. The monoisotopic (exact) mass is 126 g/mol. The molecule has 0 radical (unpaired) electrons. The van der Waals surface area contributed by atoms with Crippen LogP contribution in [-0.4, -0.2) is 17.0 Å². The highest BCUT2D eigenvalue weighted by Crippen LogP contribution is 2.41. The second-order valence-electron chi connectivity index (χ2n) is 3.17. The van der Waals surface area contributed by atoms with Crippen molar-refractivity contribution in [2.24, 2.45) is 11.8 Å². The van der Waals surface area contributed by atoms with E-state index in [0.29, 0.717) is 18.1 Å². The lowest BCUT2D eigenvalue weighted by molar-refractivity contribution is -0.123. The summed E-state index contributed by atoms with van der Waals surface area (Å²) >= 11 is 0. The van der Waals surface area contributed by atoms with Crippen molar-refractivity contribution in [3.63, 3.8) is 0 Å². The van der Waals surface area contributed by atoms with Crippen LogP contribution >= 0.6 is 0 Å². The van der Waals surface area contributed by atoms with Gasteiger partial charge < -0.3 is 5.11 Å². The molecule has 0 aliphatic heterocycles. The SMILES string of the molecule is O=C1C[C@@H]2C[C@H]1C[C@H]2O. The molecule has 2 aliphatic carbocycles. The summed E-state index contributed by atoms with van der Waals surface area (Å²) in [6.45, 7) is 0. The summed E-state index contributed by atoms with van der Waals surface area (Å²) < 4.78 is 0. The van der Waals surface area contributed by atoms with E-state index in [-0.39, 0.29) is 12.0 Å². The third kappa shape index (κ3) is 0.628. The minimum absolute atomic E-state index is 0.160. The lowest BCUT2D eigenvalue weighted by Crippen LogP contribution is -2.20. The van der Waals surface area contributed by atoms with Gasteiger partial charge in [0.15, 0.2) is 0 Å². The van der Waals surface area contributed by atoms with E-state index in [2.05, 4.69) is 0 Å². The van der Waals surface area contributed by atoms with Gasteiger partial charge in [0, 0.05) is 12.3 Å². The number of Topliss-reactive ketones (excluding diaryl/α,β-unsaturated/α-hetero) is 1. The molecule has 0 heterocycles. The van der Waals surface area contributed by atoms with Crippen molar-refractivity contribution >= 4 is 5.78 Å². The highest BCUT2D eigenvalue weighted by Gasteiger charge is 2.44. The van der Waals surface area contributed by atoms with Crippen LogP contribution in [0.25, 0.3) is 0 Å². The van der Waals surface area contributed by atoms with Crippen LogP contribution in [-0.2, 0) is 4.79 Å². The van der Waals surface area contributed by atoms with E-state index in [0.717, 1.165) is 12.8 Å². The Morgan fingerprint density at radius 1 is 1.44 bits per heavy atom. The van der Waals surface area contributed by atoms with E-state index in [1.165, 1.54) is 0 Å². The lowest BCUT2D eigenvalue weighted by Gasteiger charge is -2.13. The maximum Gasteiger partial charge on any atom is 0.136 e. The molecule has 2 fully saturated rings. The summed E-state index contributed by atoms with van der Waals surface area (Å²) in [7, 11) is 0. The van der Waals surface area contributed by atoms with Gasteiger partial charge in [0.2, 0.25) is 0 Å². The van der Waals surface area contributed by atoms with Crippen molar-refractivity contribution in [1.82, 2.24) is 0 Å². The molecule has 2 bridgehead atoms. The zero-order chi connectivity index (χ0) is 6.43. The van der Waals surface area contributed by atoms with Crippen LogP contribution in [0.15, 0.2) is 0 Å². The predicted octanol–water partition coefficient (Wildman–Crippen LogP) is 0.346. The van der Waals surface area contributed by atoms with Crippen LogP contribution < -0.4 is 0 Å². The van der Waals surface area contributed by atoms with Crippen LogP contribution in [0.3, 0.4) is 0 Å². The van der Waals surface area contributed by atoms with Gasteiger partial charge in [-0.3, -0.25) is 4.79 Å². The molecule has 0 unspecified atom stereocenters. The number of aliphatic hydroxyl groups is 1. The third-order valence-electron chi connectivity index (χ3n) is 2.58. The van der Waals surface area contributed by atoms with Gasteiger partial charge in [-0.2, -0.15) is 0 Å². The quantitative estimate of drug-likeness (QED) is 0.508. The van der Waals surface area contributed by atoms with Crippen LogP contribution in [0.4, 0.5) is 0 Å². The zero-order valence-corrected chi connectivity index (χ0v) is 5.21. The van der Waals surface area contributed by atoms with Crippen molar-refractivity contribution in [3.05, 3.63) is 0 Å². The van der Waals surface area contributed by atoms with Gasteiger partial charge >= 0.3 is 0 Å². The lowest BCUT2D eigenvalue weighted by atomic mass is 9.97. The second-order valence-corrected chi connectivity index (χ2v) is 3.17. The predicted molar refractivity (Wildman–Crippen MR) is 31.8 cm³/mol. The molecule has 3 atom stereocenters. The van der Waals surface area contributed by atoms with E-state index in [9.17, 15) is 9.90 Å². The third-order valence-corrected chi connectivity index (χ3v) is 2.58. The number of ketones is 1. The Balaban J connectivity index is 2.19. The summed E-state index contributed by atoms with van der Waals surface area (Å²) in [5.41, 5.74) is 0. The molecule has 9 heavy (non-hydrogen) atoms. The standard InChI is InChI=1S/C7H10O2/c8-6-2-4-1-5(6)3-7(4)9/h4-6,8H,1-3H2/t4-,5-,6+/m0/s1. The first-order chi connectivity index (χ1) is 4.27. The number of aliphatic hydroxyl groups excluding tert-OH is 1. The van der Waals surface area contributed by atoms with Crippen LogP contribution in [0.2, 0.25) is 0 Å². The van der Waals surface area contributed by atoms with E-state index in [4.69, 9.17) is 0 Å². The first-order valence-electron chi connectivity index (χ1n) is 3.48. The molecule has 2 rings (SSSR count). The second kappa shape index (κ2) is 1.57. The van der Waals surface area contributed by atoms with Crippen LogP contribution in [0.1, 0.15) is 19.3 Å². The zero-order valence-electron chi connectivity index (χ0n) is 5.21. The average Bonchev–Trinajstić information content (AvgIpc) is 2.24. The largest absolute Gasteiger partial charge is 0.393 e. The topological polar surface area (TPSA) is 37.3 Å². The summed E-state index contributed by atoms with van der Waals surface area (Å²) in [5, 5.41) is 9.18. The number of carbonyl (C=O) groups is 1. The van der Waals surface area contributed by atoms with Gasteiger partial charge in [0.1, 0.15) is 5.78 Å². The molecule has 0 aromatic carbocycles. The van der Waals surface area contributed by atoms with E-state index < -0.39 is 0 Å². The van der Waals surface area contributed by atoms with E-state index in [1.54, 1.807) is 0 Å². The molecule has 0 amide bonds. The summed E-state index contributed by atoms with van der Waals surface area (Å²) in [6.07, 6.45) is 2.18. The van der Waals surface area contributed by atoms with Crippen LogP contribution in [0, 0.1) is 11.8 Å². The number of hydrogen-bond acceptors (Lipinski definition) is 2. The van der Waals surface area contributed by atoms with Crippen molar-refractivity contribution < 1.29 is 9.90 Å². The van der Waals surface area contributed by atoms with Crippen molar-refractivity contribution in [2.75, 3.05) is 0 Å². The van der Waals surface area contributed by atoms with E-state index >= 15 is 0 Å². The van der Waals surface area contributed by atoms with Crippen molar-refractivity contribution in [2.45, 2.75) is 25.4 Å². The molecule has 50 valence electrons. The average molecular weight is 126 g/mol. The van der Waals surface area contributed by atoms with Crippen molar-refractivity contribution in [3.8, 4) is 0 Å². The number of carbonyl (C=O) groups excluding carboxylic acids is 1. The Hall–Kier alpha value is -0.370. The molecule has 0 aromatic heterocycles. The first kappa shape index (κ1) is 5.42. The first-order valence-corrected chi connectivity index (χ1v) is 3.48. The Kier molecular flexibility index (Phi) is 0.943. The van der Waals surface area contributed by atoms with Crippen LogP contribution in [0.5, 0.6) is 0 Å². The molecule has 2 heteroatoms. The van der Waals surface area contributed by atoms with Gasteiger partial charge in [0.05, 0.1) is 6.10 Å². The summed E-state index contributed by atoms with van der Waals surface area (Å²) in [4.78, 5) is 10.9. The Morgan fingerprint density at radius 2 is 2.22 bits per heavy atom. The molecular weight excluding hydrogens is 116 g/mol. The van der Waals surface area contributed by atoms with Gasteiger partial charge in [-0.25, -0.2) is 0 Å². The minimum Gasteiger partial charge on any atom is -0.393 e. The fraction of sp³-hybridized carbons (Fsp3) is 0.857. The maximum absolute atomic E-state index is 10.9. The molecule has 0 aromatic rings. The Bertz CT molecular complexity index is 151. The Labute approximate surface area is 53.9 Å². The molecule has 2 aliphatic rings. The number of hydrogen-bond donors (Lipinski definition) is 1. The van der Waals surface area contributed by atoms with Gasteiger partial charge in [0.25, 0.3) is 0 Å². The van der Waals surface area contributed by atoms with Gasteiger partial charge in [-0.1, -0.05) is 0 Å². The smallest absolute Gasteiger partial charge is 0.136 e. The maximum atomic E-state index is 10.9. The molecule has 0 saturated heterocycles. The molecule has 2 nitrogen and oxygen atoms in total. The molecular formula is C7H10O2.